The second kappa shape index (κ2) is 9.88. The molecule has 3 aromatic heterocycles. The van der Waals surface area contributed by atoms with Gasteiger partial charge in [0.05, 0.1) is 0 Å². The predicted molar refractivity (Wildman–Crippen MR) is 204 cm³/mol. The van der Waals surface area contributed by atoms with Gasteiger partial charge in [-0.1, -0.05) is 72.8 Å². The number of thiophene rings is 2. The highest BCUT2D eigenvalue weighted by molar-refractivity contribution is 7.26. The first kappa shape index (κ1) is 26.3. The molecule has 0 saturated carbocycles. The monoisotopic (exact) mass is 648 g/mol. The third kappa shape index (κ3) is 3.77. The Morgan fingerprint density at radius 2 is 1.10 bits per heavy atom. The molecule has 1 aliphatic carbocycles. The van der Waals surface area contributed by atoms with E-state index in [4.69, 9.17) is 9.40 Å². The van der Waals surface area contributed by atoms with Crippen molar-refractivity contribution in [1.82, 2.24) is 4.98 Å². The lowest BCUT2D eigenvalue weighted by molar-refractivity contribution is 0.590. The van der Waals surface area contributed by atoms with Crippen molar-refractivity contribution in [1.29, 1.82) is 0 Å². The molecule has 10 aromatic rings. The number of nitrogens with zero attached hydrogens (tertiary/aromatic N) is 2. The lowest BCUT2D eigenvalue weighted by Crippen LogP contribution is -2.10. The van der Waals surface area contributed by atoms with Crippen LogP contribution in [-0.2, 0) is 0 Å². The molecule has 0 radical (unpaired) electrons. The normalized spacial score (nSPS) is 12.2. The molecular formula is C43H24N2OS2. The SMILES string of the molecule is c1ccc(-c2nc3c(o2)-c2cc(N(c4ccc5sc6ccccc6c5c4)c4ccc5sc6ccccc6c5c4)cc4cccc-3c24)cc1. The fourth-order valence-electron chi connectivity index (χ4n) is 7.46. The molecule has 3 heterocycles. The maximum atomic E-state index is 6.60. The first-order valence-corrected chi connectivity index (χ1v) is 17.7. The minimum absolute atomic E-state index is 0.648. The first-order chi connectivity index (χ1) is 23.8. The van der Waals surface area contributed by atoms with Crippen molar-refractivity contribution in [2.75, 3.05) is 4.90 Å². The van der Waals surface area contributed by atoms with Crippen molar-refractivity contribution in [3.63, 3.8) is 0 Å². The van der Waals surface area contributed by atoms with Crippen LogP contribution in [0.1, 0.15) is 0 Å². The van der Waals surface area contributed by atoms with E-state index in [9.17, 15) is 0 Å². The van der Waals surface area contributed by atoms with E-state index in [-0.39, 0.29) is 0 Å². The second-order valence-electron chi connectivity index (χ2n) is 12.4. The third-order valence-corrected chi connectivity index (χ3v) is 11.9. The molecule has 5 heteroatoms. The summed E-state index contributed by atoms with van der Waals surface area (Å²) in [4.78, 5) is 7.44. The molecule has 0 spiro atoms. The van der Waals surface area contributed by atoms with Gasteiger partial charge in [-0.2, -0.15) is 0 Å². The standard InChI is InChI=1S/C43H24N2OS2/c1-2-9-25(10-3-1)43-44-41-32-14-8-11-26-21-29(24-35(40(26)32)42(41)46-43)45(27-17-19-38-33(22-27)30-12-4-6-15-36(30)47-38)28-18-20-39-34(23-28)31-13-5-7-16-37(31)48-39/h1-24H. The van der Waals surface area contributed by atoms with Gasteiger partial charge in [0.15, 0.2) is 5.76 Å². The number of aromatic nitrogens is 1. The largest absolute Gasteiger partial charge is 0.435 e. The second-order valence-corrected chi connectivity index (χ2v) is 14.5. The molecule has 3 nitrogen and oxygen atoms in total. The van der Waals surface area contributed by atoms with Crippen LogP contribution in [0.25, 0.3) is 85.2 Å². The highest BCUT2D eigenvalue weighted by Gasteiger charge is 2.30. The molecule has 1 aliphatic rings. The van der Waals surface area contributed by atoms with Crippen molar-refractivity contribution in [2.45, 2.75) is 0 Å². The maximum absolute atomic E-state index is 6.60. The van der Waals surface area contributed by atoms with E-state index in [1.807, 2.05) is 40.9 Å². The van der Waals surface area contributed by atoms with E-state index in [1.54, 1.807) is 0 Å². The topological polar surface area (TPSA) is 29.3 Å². The molecule has 7 aromatic carbocycles. The average Bonchev–Trinajstić information content (AvgIpc) is 3.90. The smallest absolute Gasteiger partial charge is 0.227 e. The first-order valence-electron chi connectivity index (χ1n) is 16.0. The van der Waals surface area contributed by atoms with Gasteiger partial charge in [-0.15, -0.1) is 22.7 Å². The average molecular weight is 649 g/mol. The van der Waals surface area contributed by atoms with Gasteiger partial charge < -0.3 is 9.32 Å². The third-order valence-electron chi connectivity index (χ3n) is 9.60. The molecule has 224 valence electrons. The van der Waals surface area contributed by atoms with Gasteiger partial charge in [0, 0.05) is 79.5 Å². The van der Waals surface area contributed by atoms with Crippen LogP contribution in [0.4, 0.5) is 17.1 Å². The zero-order chi connectivity index (χ0) is 31.3. The number of benzene rings is 7. The van der Waals surface area contributed by atoms with Crippen LogP contribution in [0.3, 0.4) is 0 Å². The fourth-order valence-corrected chi connectivity index (χ4v) is 9.63. The molecular weight excluding hydrogens is 625 g/mol. The van der Waals surface area contributed by atoms with E-state index in [0.29, 0.717) is 5.89 Å². The summed E-state index contributed by atoms with van der Waals surface area (Å²) in [5.41, 5.74) is 7.41. The number of hydrogen-bond donors (Lipinski definition) is 0. The number of fused-ring (bicyclic) bond motifs is 9. The van der Waals surface area contributed by atoms with Crippen LogP contribution in [0, 0.1) is 0 Å². The van der Waals surface area contributed by atoms with Crippen molar-refractivity contribution < 1.29 is 4.42 Å². The summed E-state index contributed by atoms with van der Waals surface area (Å²) < 4.78 is 11.8. The Hall–Kier alpha value is -5.75. The van der Waals surface area contributed by atoms with Gasteiger partial charge >= 0.3 is 0 Å². The van der Waals surface area contributed by atoms with E-state index in [0.717, 1.165) is 45.2 Å². The summed E-state index contributed by atoms with van der Waals surface area (Å²) in [6.45, 7) is 0. The Morgan fingerprint density at radius 3 is 1.79 bits per heavy atom. The summed E-state index contributed by atoms with van der Waals surface area (Å²) in [5.74, 6) is 1.48. The molecule has 11 rings (SSSR count). The van der Waals surface area contributed by atoms with Gasteiger partial charge in [0.25, 0.3) is 0 Å². The zero-order valence-electron chi connectivity index (χ0n) is 25.5. The van der Waals surface area contributed by atoms with Crippen LogP contribution in [0.15, 0.2) is 150 Å². The lowest BCUT2D eigenvalue weighted by atomic mass is 10.0. The minimum Gasteiger partial charge on any atom is -0.435 e. The Labute approximate surface area is 283 Å². The Bertz CT molecular complexity index is 2800. The van der Waals surface area contributed by atoms with E-state index < -0.39 is 0 Å². The van der Waals surface area contributed by atoms with E-state index >= 15 is 0 Å². The Kier molecular flexibility index (Phi) is 5.42. The molecule has 0 saturated heterocycles. The maximum Gasteiger partial charge on any atom is 0.227 e. The van der Waals surface area contributed by atoms with Gasteiger partial charge in [0.2, 0.25) is 5.89 Å². The number of oxazole rings is 1. The van der Waals surface area contributed by atoms with Crippen LogP contribution in [0.5, 0.6) is 0 Å². The zero-order valence-corrected chi connectivity index (χ0v) is 27.1. The van der Waals surface area contributed by atoms with Gasteiger partial charge in [-0.25, -0.2) is 4.98 Å². The van der Waals surface area contributed by atoms with Crippen molar-refractivity contribution in [3.8, 4) is 34.0 Å². The predicted octanol–water partition coefficient (Wildman–Crippen LogP) is 13.3. The highest BCUT2D eigenvalue weighted by Crippen LogP contribution is 2.52. The minimum atomic E-state index is 0.648. The number of hydrogen-bond acceptors (Lipinski definition) is 5. The highest BCUT2D eigenvalue weighted by atomic mass is 32.1. The van der Waals surface area contributed by atoms with Gasteiger partial charge in [0.1, 0.15) is 5.69 Å². The van der Waals surface area contributed by atoms with Crippen molar-refractivity contribution in [3.05, 3.63) is 146 Å². The molecule has 0 aliphatic heterocycles. The van der Waals surface area contributed by atoms with Gasteiger partial charge in [-0.3, -0.25) is 0 Å². The molecule has 0 bridgehead atoms. The summed E-state index contributed by atoms with van der Waals surface area (Å²) in [6.07, 6.45) is 0. The van der Waals surface area contributed by atoms with E-state index in [1.165, 1.54) is 51.1 Å². The molecule has 48 heavy (non-hydrogen) atoms. The van der Waals surface area contributed by atoms with Gasteiger partial charge in [-0.05, 0) is 78.2 Å². The summed E-state index contributed by atoms with van der Waals surface area (Å²) >= 11 is 3.70. The lowest BCUT2D eigenvalue weighted by Gasteiger charge is -2.26. The van der Waals surface area contributed by atoms with Crippen LogP contribution >= 0.6 is 22.7 Å². The van der Waals surface area contributed by atoms with Crippen LogP contribution in [-0.4, -0.2) is 4.98 Å². The van der Waals surface area contributed by atoms with Crippen molar-refractivity contribution in [2.24, 2.45) is 0 Å². The summed E-state index contributed by atoms with van der Waals surface area (Å²) in [5, 5.41) is 7.50. The summed E-state index contributed by atoms with van der Waals surface area (Å²) in [6, 6.07) is 52.5. The molecule has 0 amide bonds. The molecule has 0 unspecified atom stereocenters. The Balaban J connectivity index is 1.17. The Morgan fingerprint density at radius 1 is 0.479 bits per heavy atom. The quantitative estimate of drug-likeness (QED) is 0.190. The molecule has 0 N–H and O–H groups in total. The fraction of sp³-hybridized carbons (Fsp3) is 0. The number of anilines is 3. The number of rotatable bonds is 4. The van der Waals surface area contributed by atoms with Crippen LogP contribution in [0.2, 0.25) is 0 Å². The molecule has 0 atom stereocenters. The summed E-state index contributed by atoms with van der Waals surface area (Å²) in [7, 11) is 0. The van der Waals surface area contributed by atoms with Crippen molar-refractivity contribution >= 4 is 90.9 Å². The van der Waals surface area contributed by atoms with E-state index in [2.05, 4.69) is 132 Å². The van der Waals surface area contributed by atoms with Crippen LogP contribution < -0.4 is 4.90 Å². The molecule has 0 fully saturated rings.